The second-order valence-corrected chi connectivity index (χ2v) is 4.21. The second-order valence-electron chi connectivity index (χ2n) is 4.21. The number of aliphatic hydroxyl groups is 1. The Balaban J connectivity index is 1.91. The molecule has 2 rings (SSSR count). The van der Waals surface area contributed by atoms with Gasteiger partial charge in [0.15, 0.2) is 0 Å². The van der Waals surface area contributed by atoms with Gasteiger partial charge >= 0.3 is 0 Å². The number of hydrogen-bond donors (Lipinski definition) is 1. The highest BCUT2D eigenvalue weighted by Crippen LogP contribution is 2.43. The first-order chi connectivity index (χ1) is 5.38. The molecule has 0 saturated heterocycles. The van der Waals surface area contributed by atoms with Crippen molar-refractivity contribution in [3.63, 3.8) is 0 Å². The van der Waals surface area contributed by atoms with E-state index in [-0.39, 0.29) is 6.10 Å². The molecule has 1 heteroatoms. The molecule has 2 aliphatic rings. The van der Waals surface area contributed by atoms with Gasteiger partial charge in [-0.05, 0) is 37.5 Å². The predicted octanol–water partition coefficient (Wildman–Crippen LogP) is 2.34. The van der Waals surface area contributed by atoms with Crippen LogP contribution in [-0.2, 0) is 0 Å². The van der Waals surface area contributed by atoms with Crippen LogP contribution in [0.25, 0.3) is 0 Å². The van der Waals surface area contributed by atoms with E-state index in [1.807, 2.05) is 0 Å². The average Bonchev–Trinajstić information content (AvgIpc) is 2.74. The summed E-state index contributed by atoms with van der Waals surface area (Å²) in [5, 5.41) is 9.76. The van der Waals surface area contributed by atoms with Crippen LogP contribution in [0.4, 0.5) is 0 Å². The van der Waals surface area contributed by atoms with E-state index in [1.165, 1.54) is 38.5 Å². The van der Waals surface area contributed by atoms with Gasteiger partial charge in [0.05, 0.1) is 6.10 Å². The highest BCUT2D eigenvalue weighted by atomic mass is 16.3. The van der Waals surface area contributed by atoms with Crippen molar-refractivity contribution in [1.29, 1.82) is 0 Å². The van der Waals surface area contributed by atoms with Crippen molar-refractivity contribution in [2.45, 2.75) is 51.0 Å². The molecular formula is C10H18O. The van der Waals surface area contributed by atoms with Crippen LogP contribution >= 0.6 is 0 Å². The van der Waals surface area contributed by atoms with Crippen LogP contribution in [0.2, 0.25) is 0 Å². The van der Waals surface area contributed by atoms with Crippen LogP contribution in [0.3, 0.4) is 0 Å². The van der Waals surface area contributed by atoms with Gasteiger partial charge in [0.25, 0.3) is 0 Å². The highest BCUT2D eigenvalue weighted by Gasteiger charge is 2.35. The fourth-order valence-corrected chi connectivity index (χ4v) is 2.39. The minimum atomic E-state index is 0.0463. The Kier molecular flexibility index (Phi) is 2.17. The molecule has 0 heterocycles. The second kappa shape index (κ2) is 3.14. The van der Waals surface area contributed by atoms with Gasteiger partial charge < -0.3 is 5.11 Å². The molecule has 0 aromatic heterocycles. The zero-order valence-electron chi connectivity index (χ0n) is 7.13. The van der Waals surface area contributed by atoms with E-state index in [9.17, 15) is 5.11 Å². The Morgan fingerprint density at radius 3 is 2.27 bits per heavy atom. The summed E-state index contributed by atoms with van der Waals surface area (Å²) in [5.74, 6) is 1.58. The van der Waals surface area contributed by atoms with E-state index in [0.29, 0.717) is 5.92 Å². The normalized spacial score (nSPS) is 40.1. The molecule has 0 radical (unpaired) electrons. The Labute approximate surface area is 68.8 Å². The lowest BCUT2D eigenvalue weighted by Crippen LogP contribution is -2.20. The van der Waals surface area contributed by atoms with Crippen LogP contribution in [0.15, 0.2) is 0 Å². The molecule has 11 heavy (non-hydrogen) atoms. The number of rotatable bonds is 1. The topological polar surface area (TPSA) is 20.2 Å². The molecule has 64 valence electrons. The Hall–Kier alpha value is -0.0400. The van der Waals surface area contributed by atoms with E-state index in [0.717, 1.165) is 12.3 Å². The molecule has 1 N–H and O–H groups in total. The first-order valence-electron chi connectivity index (χ1n) is 5.06. The average molecular weight is 154 g/mol. The first kappa shape index (κ1) is 7.60. The molecule has 0 bridgehead atoms. The van der Waals surface area contributed by atoms with Crippen molar-refractivity contribution in [1.82, 2.24) is 0 Å². The number of hydrogen-bond acceptors (Lipinski definition) is 1. The molecule has 0 spiro atoms. The van der Waals surface area contributed by atoms with Gasteiger partial charge in [0.2, 0.25) is 0 Å². The highest BCUT2D eigenvalue weighted by molar-refractivity contribution is 4.86. The third-order valence-electron chi connectivity index (χ3n) is 3.26. The smallest absolute Gasteiger partial charge is 0.0571 e. The van der Waals surface area contributed by atoms with Gasteiger partial charge in [-0.25, -0.2) is 0 Å². The van der Waals surface area contributed by atoms with Gasteiger partial charge in [0.1, 0.15) is 0 Å². The fraction of sp³-hybridized carbons (Fsp3) is 1.00. The zero-order chi connectivity index (χ0) is 7.68. The SMILES string of the molecule is OC1CCCCCC1C1CC1. The van der Waals surface area contributed by atoms with E-state index in [2.05, 4.69) is 0 Å². The van der Waals surface area contributed by atoms with E-state index in [1.54, 1.807) is 0 Å². The lowest BCUT2D eigenvalue weighted by atomic mass is 9.92. The molecule has 2 fully saturated rings. The standard InChI is InChI=1S/C10H18O/c11-10-5-3-1-2-4-9(10)8-6-7-8/h8-11H,1-7H2. The van der Waals surface area contributed by atoms with Gasteiger partial charge in [-0.3, -0.25) is 0 Å². The van der Waals surface area contributed by atoms with Gasteiger partial charge in [-0.1, -0.05) is 19.3 Å². The van der Waals surface area contributed by atoms with Crippen LogP contribution in [0.1, 0.15) is 44.9 Å². The maximum Gasteiger partial charge on any atom is 0.0571 e. The Bertz CT molecular complexity index is 129. The Morgan fingerprint density at radius 1 is 0.818 bits per heavy atom. The molecule has 2 aliphatic carbocycles. The maximum absolute atomic E-state index is 9.76. The third-order valence-corrected chi connectivity index (χ3v) is 3.26. The van der Waals surface area contributed by atoms with Gasteiger partial charge in [-0.2, -0.15) is 0 Å². The summed E-state index contributed by atoms with van der Waals surface area (Å²) in [6, 6.07) is 0. The van der Waals surface area contributed by atoms with E-state index >= 15 is 0 Å². The van der Waals surface area contributed by atoms with Crippen molar-refractivity contribution in [3.05, 3.63) is 0 Å². The summed E-state index contributed by atoms with van der Waals surface area (Å²) in [7, 11) is 0. The van der Waals surface area contributed by atoms with Gasteiger partial charge in [0, 0.05) is 0 Å². The monoisotopic (exact) mass is 154 g/mol. The minimum Gasteiger partial charge on any atom is -0.393 e. The zero-order valence-corrected chi connectivity index (χ0v) is 7.13. The molecule has 1 nitrogen and oxygen atoms in total. The van der Waals surface area contributed by atoms with Crippen molar-refractivity contribution >= 4 is 0 Å². The Morgan fingerprint density at radius 2 is 1.55 bits per heavy atom. The van der Waals surface area contributed by atoms with Crippen LogP contribution in [-0.4, -0.2) is 11.2 Å². The molecule has 0 aromatic rings. The van der Waals surface area contributed by atoms with Gasteiger partial charge in [-0.15, -0.1) is 0 Å². The molecule has 0 amide bonds. The quantitative estimate of drug-likeness (QED) is 0.575. The summed E-state index contributed by atoms with van der Waals surface area (Å²) in [4.78, 5) is 0. The van der Waals surface area contributed by atoms with Crippen LogP contribution in [0.5, 0.6) is 0 Å². The largest absolute Gasteiger partial charge is 0.393 e. The minimum absolute atomic E-state index is 0.0463. The third kappa shape index (κ3) is 1.76. The molecule has 2 atom stereocenters. The summed E-state index contributed by atoms with van der Waals surface area (Å²) in [5.41, 5.74) is 0. The lowest BCUT2D eigenvalue weighted by molar-refractivity contribution is 0.0889. The van der Waals surface area contributed by atoms with Crippen molar-refractivity contribution in [2.75, 3.05) is 0 Å². The molecular weight excluding hydrogens is 136 g/mol. The molecule has 0 aromatic carbocycles. The van der Waals surface area contributed by atoms with E-state index < -0.39 is 0 Å². The molecule has 2 saturated carbocycles. The summed E-state index contributed by atoms with van der Waals surface area (Å²) < 4.78 is 0. The maximum atomic E-state index is 9.76. The van der Waals surface area contributed by atoms with Crippen LogP contribution in [0, 0.1) is 11.8 Å². The summed E-state index contributed by atoms with van der Waals surface area (Å²) in [6.07, 6.45) is 9.16. The van der Waals surface area contributed by atoms with Crippen molar-refractivity contribution < 1.29 is 5.11 Å². The van der Waals surface area contributed by atoms with E-state index in [4.69, 9.17) is 0 Å². The first-order valence-corrected chi connectivity index (χ1v) is 5.06. The molecule has 0 aliphatic heterocycles. The summed E-state index contributed by atoms with van der Waals surface area (Å²) >= 11 is 0. The lowest BCUT2D eigenvalue weighted by Gasteiger charge is -2.19. The molecule has 2 unspecified atom stereocenters. The summed E-state index contributed by atoms with van der Waals surface area (Å²) in [6.45, 7) is 0. The van der Waals surface area contributed by atoms with Crippen molar-refractivity contribution in [2.24, 2.45) is 11.8 Å². The number of aliphatic hydroxyl groups excluding tert-OH is 1. The van der Waals surface area contributed by atoms with Crippen molar-refractivity contribution in [3.8, 4) is 0 Å². The fourth-order valence-electron chi connectivity index (χ4n) is 2.39. The van der Waals surface area contributed by atoms with Crippen LogP contribution < -0.4 is 0 Å². The predicted molar refractivity (Wildman–Crippen MR) is 45.3 cm³/mol.